The fraction of sp³-hybridized carbons (Fsp3) is 0.333. The lowest BCUT2D eigenvalue weighted by Crippen LogP contribution is -2.33. The normalized spacial score (nSPS) is 14.6. The number of amides is 1. The SMILES string of the molecule is Cc1ccc(NC(=O)c2nc(N3CCSCC3)c3cn(C)nc3n2)cc1. The highest BCUT2D eigenvalue weighted by molar-refractivity contribution is 7.99. The van der Waals surface area contributed by atoms with Gasteiger partial charge in [0, 0.05) is 43.5 Å². The van der Waals surface area contributed by atoms with Gasteiger partial charge in [-0.1, -0.05) is 17.7 Å². The Hall–Kier alpha value is -2.61. The van der Waals surface area contributed by atoms with E-state index in [9.17, 15) is 4.79 Å². The largest absolute Gasteiger partial charge is 0.354 e. The molecule has 1 aromatic carbocycles. The molecule has 3 aromatic rings. The summed E-state index contributed by atoms with van der Waals surface area (Å²) < 4.78 is 1.71. The average Bonchev–Trinajstić information content (AvgIpc) is 3.03. The number of aromatic nitrogens is 4. The number of fused-ring (bicyclic) bond motifs is 1. The van der Waals surface area contributed by atoms with Crippen LogP contribution >= 0.6 is 11.8 Å². The molecule has 7 nitrogen and oxygen atoms in total. The second-order valence-corrected chi connectivity index (χ2v) is 7.56. The van der Waals surface area contributed by atoms with E-state index >= 15 is 0 Å². The number of nitrogens with one attached hydrogen (secondary N) is 1. The molecule has 0 unspecified atom stereocenters. The quantitative estimate of drug-likeness (QED) is 0.765. The molecule has 3 heterocycles. The number of hydrogen-bond donors (Lipinski definition) is 1. The van der Waals surface area contributed by atoms with Gasteiger partial charge in [-0.2, -0.15) is 16.9 Å². The summed E-state index contributed by atoms with van der Waals surface area (Å²) in [6.07, 6.45) is 1.91. The lowest BCUT2D eigenvalue weighted by atomic mass is 10.2. The van der Waals surface area contributed by atoms with Crippen LogP contribution in [0.2, 0.25) is 0 Å². The number of hydrogen-bond acceptors (Lipinski definition) is 6. The topological polar surface area (TPSA) is 75.9 Å². The molecule has 0 spiro atoms. The molecule has 2 aromatic heterocycles. The van der Waals surface area contributed by atoms with Crippen molar-refractivity contribution in [2.24, 2.45) is 7.05 Å². The molecule has 1 N–H and O–H groups in total. The Morgan fingerprint density at radius 2 is 1.88 bits per heavy atom. The third-order valence-corrected chi connectivity index (χ3v) is 5.24. The first-order chi connectivity index (χ1) is 12.6. The molecule has 1 amide bonds. The standard InChI is InChI=1S/C18H20N6OS/c1-12-3-5-13(6-4-12)19-18(25)16-20-15-14(11-23(2)22-15)17(21-16)24-7-9-26-10-8-24/h3-6,11H,7-10H2,1-2H3,(H,19,25). The van der Waals surface area contributed by atoms with Gasteiger partial charge in [-0.15, -0.1) is 0 Å². The minimum absolute atomic E-state index is 0.144. The Kier molecular flexibility index (Phi) is 4.50. The van der Waals surface area contributed by atoms with E-state index in [-0.39, 0.29) is 11.7 Å². The number of anilines is 2. The molecule has 0 atom stereocenters. The van der Waals surface area contributed by atoms with Crippen LogP contribution < -0.4 is 10.2 Å². The molecule has 26 heavy (non-hydrogen) atoms. The number of thioether (sulfide) groups is 1. The van der Waals surface area contributed by atoms with Crippen LogP contribution in [-0.2, 0) is 7.05 Å². The van der Waals surface area contributed by atoms with Crippen molar-refractivity contribution >= 4 is 40.2 Å². The molecule has 0 radical (unpaired) electrons. The zero-order chi connectivity index (χ0) is 18.1. The van der Waals surface area contributed by atoms with Gasteiger partial charge >= 0.3 is 0 Å². The molecule has 4 rings (SSSR count). The highest BCUT2D eigenvalue weighted by atomic mass is 32.2. The maximum Gasteiger partial charge on any atom is 0.293 e. The lowest BCUT2D eigenvalue weighted by Gasteiger charge is -2.27. The van der Waals surface area contributed by atoms with Crippen LogP contribution in [-0.4, -0.2) is 50.3 Å². The van der Waals surface area contributed by atoms with Gasteiger partial charge in [-0.25, -0.2) is 9.97 Å². The van der Waals surface area contributed by atoms with Gasteiger partial charge in [-0.3, -0.25) is 9.48 Å². The van der Waals surface area contributed by atoms with Crippen molar-refractivity contribution in [3.05, 3.63) is 41.9 Å². The van der Waals surface area contributed by atoms with Crippen LogP contribution in [0.4, 0.5) is 11.5 Å². The van der Waals surface area contributed by atoms with E-state index in [2.05, 4.69) is 25.3 Å². The van der Waals surface area contributed by atoms with Gasteiger partial charge in [0.15, 0.2) is 5.65 Å². The Balaban J connectivity index is 1.70. The minimum Gasteiger partial charge on any atom is -0.354 e. The first-order valence-corrected chi connectivity index (χ1v) is 9.68. The van der Waals surface area contributed by atoms with Crippen LogP contribution in [0, 0.1) is 6.92 Å². The molecule has 8 heteroatoms. The lowest BCUT2D eigenvalue weighted by molar-refractivity contribution is 0.101. The zero-order valence-electron chi connectivity index (χ0n) is 14.8. The van der Waals surface area contributed by atoms with E-state index < -0.39 is 0 Å². The Morgan fingerprint density at radius 1 is 1.15 bits per heavy atom. The second-order valence-electron chi connectivity index (χ2n) is 6.33. The van der Waals surface area contributed by atoms with Crippen molar-refractivity contribution in [2.75, 3.05) is 34.8 Å². The number of benzene rings is 1. The van der Waals surface area contributed by atoms with E-state index in [1.807, 2.05) is 56.2 Å². The summed E-state index contributed by atoms with van der Waals surface area (Å²) in [6.45, 7) is 3.82. The van der Waals surface area contributed by atoms with E-state index in [1.54, 1.807) is 4.68 Å². The number of nitrogens with zero attached hydrogens (tertiary/aromatic N) is 5. The van der Waals surface area contributed by atoms with E-state index in [0.717, 1.165) is 47.1 Å². The van der Waals surface area contributed by atoms with Crippen molar-refractivity contribution in [3.8, 4) is 0 Å². The Morgan fingerprint density at radius 3 is 2.62 bits per heavy atom. The third kappa shape index (κ3) is 3.37. The predicted molar refractivity (Wildman–Crippen MR) is 105 cm³/mol. The smallest absolute Gasteiger partial charge is 0.293 e. The molecule has 1 saturated heterocycles. The molecule has 1 fully saturated rings. The Bertz CT molecular complexity index is 946. The summed E-state index contributed by atoms with van der Waals surface area (Å²) in [5.74, 6) is 2.71. The monoisotopic (exact) mass is 368 g/mol. The van der Waals surface area contributed by atoms with Crippen LogP contribution in [0.15, 0.2) is 30.5 Å². The summed E-state index contributed by atoms with van der Waals surface area (Å²) in [5, 5.41) is 8.13. The fourth-order valence-corrected chi connectivity index (χ4v) is 3.85. The molecule has 0 aliphatic carbocycles. The van der Waals surface area contributed by atoms with E-state index in [1.165, 1.54) is 0 Å². The summed E-state index contributed by atoms with van der Waals surface area (Å²) >= 11 is 1.93. The van der Waals surface area contributed by atoms with Gasteiger partial charge < -0.3 is 10.2 Å². The van der Waals surface area contributed by atoms with Crippen molar-refractivity contribution in [2.45, 2.75) is 6.92 Å². The molecule has 0 saturated carbocycles. The first-order valence-electron chi connectivity index (χ1n) is 8.52. The van der Waals surface area contributed by atoms with Gasteiger partial charge in [0.1, 0.15) is 5.82 Å². The third-order valence-electron chi connectivity index (χ3n) is 4.30. The summed E-state index contributed by atoms with van der Waals surface area (Å²) in [4.78, 5) is 23.9. The van der Waals surface area contributed by atoms with Crippen molar-refractivity contribution in [3.63, 3.8) is 0 Å². The molecule has 1 aliphatic heterocycles. The summed E-state index contributed by atoms with van der Waals surface area (Å²) in [7, 11) is 1.85. The van der Waals surface area contributed by atoms with Gasteiger partial charge in [-0.05, 0) is 19.1 Å². The first kappa shape index (κ1) is 16.8. The number of rotatable bonds is 3. The van der Waals surface area contributed by atoms with Crippen molar-refractivity contribution in [1.82, 2.24) is 19.7 Å². The van der Waals surface area contributed by atoms with Gasteiger partial charge in [0.2, 0.25) is 5.82 Å². The minimum atomic E-state index is -0.325. The van der Waals surface area contributed by atoms with Crippen LogP contribution in [0.3, 0.4) is 0 Å². The molecule has 0 bridgehead atoms. The summed E-state index contributed by atoms with van der Waals surface area (Å²) in [5.41, 5.74) is 2.41. The number of carbonyl (C=O) groups is 1. The second kappa shape index (κ2) is 6.95. The van der Waals surface area contributed by atoms with Crippen molar-refractivity contribution < 1.29 is 4.79 Å². The molecular weight excluding hydrogens is 348 g/mol. The maximum absolute atomic E-state index is 12.7. The highest BCUT2D eigenvalue weighted by Crippen LogP contribution is 2.25. The molecular formula is C18H20N6OS. The zero-order valence-corrected chi connectivity index (χ0v) is 15.6. The van der Waals surface area contributed by atoms with Crippen LogP contribution in [0.1, 0.15) is 16.2 Å². The molecule has 134 valence electrons. The summed E-state index contributed by atoms with van der Waals surface area (Å²) in [6, 6.07) is 7.65. The van der Waals surface area contributed by atoms with E-state index in [4.69, 9.17) is 0 Å². The highest BCUT2D eigenvalue weighted by Gasteiger charge is 2.21. The maximum atomic E-state index is 12.7. The Labute approximate surface area is 155 Å². The van der Waals surface area contributed by atoms with Crippen LogP contribution in [0.5, 0.6) is 0 Å². The number of carbonyl (C=O) groups excluding carboxylic acids is 1. The van der Waals surface area contributed by atoms with Gasteiger partial charge in [0.25, 0.3) is 5.91 Å². The van der Waals surface area contributed by atoms with Crippen LogP contribution in [0.25, 0.3) is 11.0 Å². The number of aryl methyl sites for hydroxylation is 2. The van der Waals surface area contributed by atoms with Gasteiger partial charge in [0.05, 0.1) is 5.39 Å². The van der Waals surface area contributed by atoms with E-state index in [0.29, 0.717) is 5.65 Å². The molecule has 1 aliphatic rings. The fourth-order valence-electron chi connectivity index (χ4n) is 2.94. The van der Waals surface area contributed by atoms with Crippen molar-refractivity contribution in [1.29, 1.82) is 0 Å². The predicted octanol–water partition coefficient (Wildman–Crippen LogP) is 2.48. The average molecular weight is 368 g/mol.